The van der Waals surface area contributed by atoms with E-state index in [1.165, 1.54) is 36.8 Å². The molecule has 114 valence electrons. The van der Waals surface area contributed by atoms with Crippen LogP contribution in [0.5, 0.6) is 0 Å². The Kier molecular flexibility index (Phi) is 6.48. The number of hydrogen-bond donors (Lipinski definition) is 1. The predicted octanol–water partition coefficient (Wildman–Crippen LogP) is 3.87. The molecule has 21 heavy (non-hydrogen) atoms. The smallest absolute Gasteiger partial charge is 0.0522 e. The average molecular weight is 285 g/mol. The van der Waals surface area contributed by atoms with Gasteiger partial charge in [0.15, 0.2) is 0 Å². The highest BCUT2D eigenvalue weighted by molar-refractivity contribution is 5.19. The van der Waals surface area contributed by atoms with E-state index >= 15 is 0 Å². The van der Waals surface area contributed by atoms with E-state index in [4.69, 9.17) is 0 Å². The Morgan fingerprint density at radius 2 is 2.00 bits per heavy atom. The van der Waals surface area contributed by atoms with Crippen LogP contribution in [0.25, 0.3) is 0 Å². The normalized spacial score (nSPS) is 12.5. The second-order valence-electron chi connectivity index (χ2n) is 5.69. The fraction of sp³-hybridized carbons (Fsp3) is 0.500. The minimum atomic E-state index is 0.467. The summed E-state index contributed by atoms with van der Waals surface area (Å²) >= 11 is 0. The molecule has 0 aliphatic carbocycles. The third-order valence-electron chi connectivity index (χ3n) is 3.86. The third kappa shape index (κ3) is 5.35. The molecule has 1 unspecified atom stereocenters. The zero-order chi connectivity index (χ0) is 14.9. The van der Waals surface area contributed by atoms with Crippen molar-refractivity contribution >= 4 is 0 Å². The second kappa shape index (κ2) is 8.63. The molecule has 3 heteroatoms. The van der Waals surface area contributed by atoms with Gasteiger partial charge in [-0.1, -0.05) is 56.5 Å². The van der Waals surface area contributed by atoms with E-state index in [1.807, 2.05) is 17.9 Å². The Bertz CT molecular complexity index is 504. The number of aromatic nitrogens is 2. The van der Waals surface area contributed by atoms with E-state index in [-0.39, 0.29) is 0 Å². The Morgan fingerprint density at radius 1 is 1.19 bits per heavy atom. The molecular weight excluding hydrogens is 258 g/mol. The molecule has 0 amide bonds. The van der Waals surface area contributed by atoms with Gasteiger partial charge in [0.25, 0.3) is 0 Å². The van der Waals surface area contributed by atoms with Crippen LogP contribution in [0.15, 0.2) is 42.7 Å². The number of hydrogen-bond acceptors (Lipinski definition) is 2. The zero-order valence-corrected chi connectivity index (χ0v) is 13.3. The van der Waals surface area contributed by atoms with Crippen LogP contribution < -0.4 is 5.32 Å². The van der Waals surface area contributed by atoms with Gasteiger partial charge < -0.3 is 5.32 Å². The van der Waals surface area contributed by atoms with Crippen LogP contribution in [-0.4, -0.2) is 16.3 Å². The number of benzene rings is 1. The van der Waals surface area contributed by atoms with Crippen LogP contribution in [0.1, 0.15) is 49.8 Å². The number of unbranched alkanes of at least 4 members (excludes halogenated alkanes) is 2. The molecule has 0 aliphatic heterocycles. The lowest BCUT2D eigenvalue weighted by atomic mass is 10.0. The van der Waals surface area contributed by atoms with Crippen LogP contribution in [-0.2, 0) is 13.5 Å². The van der Waals surface area contributed by atoms with Gasteiger partial charge in [0, 0.05) is 19.3 Å². The van der Waals surface area contributed by atoms with Crippen LogP contribution in [0.2, 0.25) is 0 Å². The lowest BCUT2D eigenvalue weighted by Crippen LogP contribution is -2.23. The molecule has 0 saturated carbocycles. The van der Waals surface area contributed by atoms with Gasteiger partial charge in [-0.15, -0.1) is 0 Å². The molecule has 0 radical (unpaired) electrons. The lowest BCUT2D eigenvalue weighted by Gasteiger charge is -2.19. The summed E-state index contributed by atoms with van der Waals surface area (Å²) in [5.74, 6) is 0. The molecule has 3 nitrogen and oxygen atoms in total. The predicted molar refractivity (Wildman–Crippen MR) is 88.2 cm³/mol. The van der Waals surface area contributed by atoms with Crippen molar-refractivity contribution in [1.29, 1.82) is 0 Å². The molecule has 1 aromatic carbocycles. The van der Waals surface area contributed by atoms with Gasteiger partial charge in [0.05, 0.1) is 6.20 Å². The van der Waals surface area contributed by atoms with E-state index in [9.17, 15) is 0 Å². The van der Waals surface area contributed by atoms with E-state index in [1.54, 1.807) is 0 Å². The lowest BCUT2D eigenvalue weighted by molar-refractivity contribution is 0.477. The summed E-state index contributed by atoms with van der Waals surface area (Å²) < 4.78 is 1.87. The first-order valence-electron chi connectivity index (χ1n) is 8.05. The topological polar surface area (TPSA) is 29.9 Å². The minimum Gasteiger partial charge on any atom is -0.310 e. The average Bonchev–Trinajstić information content (AvgIpc) is 2.92. The van der Waals surface area contributed by atoms with Crippen molar-refractivity contribution < 1.29 is 0 Å². The van der Waals surface area contributed by atoms with Crippen molar-refractivity contribution in [3.63, 3.8) is 0 Å². The van der Waals surface area contributed by atoms with Crippen LogP contribution in [0.3, 0.4) is 0 Å². The monoisotopic (exact) mass is 285 g/mol. The fourth-order valence-electron chi connectivity index (χ4n) is 2.66. The van der Waals surface area contributed by atoms with Crippen LogP contribution in [0, 0.1) is 0 Å². The van der Waals surface area contributed by atoms with Crippen molar-refractivity contribution in [2.24, 2.45) is 7.05 Å². The van der Waals surface area contributed by atoms with Gasteiger partial charge in [-0.25, -0.2) is 0 Å². The van der Waals surface area contributed by atoms with Crippen molar-refractivity contribution in [1.82, 2.24) is 15.1 Å². The van der Waals surface area contributed by atoms with Crippen molar-refractivity contribution in [2.45, 2.75) is 45.1 Å². The maximum atomic E-state index is 4.22. The largest absolute Gasteiger partial charge is 0.310 e. The van der Waals surface area contributed by atoms with Gasteiger partial charge in [0.2, 0.25) is 0 Å². The number of aryl methyl sites for hydroxylation is 1. The Hall–Kier alpha value is -1.61. The molecular formula is C18H27N3. The Balaban J connectivity index is 1.86. The molecule has 1 atom stereocenters. The maximum Gasteiger partial charge on any atom is 0.0522 e. The highest BCUT2D eigenvalue weighted by Gasteiger charge is 2.10. The molecule has 2 rings (SSSR count). The van der Waals surface area contributed by atoms with E-state index in [0.717, 1.165) is 13.0 Å². The second-order valence-corrected chi connectivity index (χ2v) is 5.69. The van der Waals surface area contributed by atoms with Crippen molar-refractivity contribution in [3.8, 4) is 0 Å². The number of nitrogens with one attached hydrogen (secondary N) is 1. The van der Waals surface area contributed by atoms with Crippen molar-refractivity contribution in [3.05, 3.63) is 53.9 Å². The van der Waals surface area contributed by atoms with Crippen molar-refractivity contribution in [2.75, 3.05) is 6.54 Å². The minimum absolute atomic E-state index is 0.467. The highest BCUT2D eigenvalue weighted by atomic mass is 15.2. The van der Waals surface area contributed by atoms with E-state index in [0.29, 0.717) is 6.04 Å². The summed E-state index contributed by atoms with van der Waals surface area (Å²) in [7, 11) is 1.97. The standard InChI is InChI=1S/C18H27N3/c1-3-4-6-11-18(17-9-7-5-8-10-17)19-13-12-16-14-20-21(2)15-16/h5,7-10,14-15,18-19H,3-4,6,11-13H2,1-2H3. The molecule has 1 aromatic heterocycles. The molecule has 0 spiro atoms. The number of rotatable bonds is 9. The molecule has 0 aliphatic rings. The third-order valence-corrected chi connectivity index (χ3v) is 3.86. The zero-order valence-electron chi connectivity index (χ0n) is 13.3. The van der Waals surface area contributed by atoms with E-state index in [2.05, 4.69) is 53.9 Å². The fourth-order valence-corrected chi connectivity index (χ4v) is 2.66. The van der Waals surface area contributed by atoms with Gasteiger partial charge >= 0.3 is 0 Å². The summed E-state index contributed by atoms with van der Waals surface area (Å²) in [6.07, 6.45) is 10.2. The summed E-state index contributed by atoms with van der Waals surface area (Å²) in [5.41, 5.74) is 2.70. The molecule has 0 fully saturated rings. The number of nitrogens with zero attached hydrogens (tertiary/aromatic N) is 2. The maximum absolute atomic E-state index is 4.22. The highest BCUT2D eigenvalue weighted by Crippen LogP contribution is 2.19. The summed E-state index contributed by atoms with van der Waals surface area (Å²) in [5, 5.41) is 7.94. The van der Waals surface area contributed by atoms with E-state index < -0.39 is 0 Å². The van der Waals surface area contributed by atoms with Gasteiger partial charge in [-0.3, -0.25) is 4.68 Å². The quantitative estimate of drug-likeness (QED) is 0.709. The molecule has 0 bridgehead atoms. The first-order valence-corrected chi connectivity index (χ1v) is 8.05. The molecule has 0 saturated heterocycles. The molecule has 1 heterocycles. The van der Waals surface area contributed by atoms with Crippen LogP contribution in [0.4, 0.5) is 0 Å². The SMILES string of the molecule is CCCCCC(NCCc1cnn(C)c1)c1ccccc1. The first kappa shape index (κ1) is 15.8. The first-order chi connectivity index (χ1) is 10.3. The molecule has 2 aromatic rings. The molecule has 1 N–H and O–H groups in total. The Labute approximate surface area is 128 Å². The van der Waals surface area contributed by atoms with Crippen LogP contribution >= 0.6 is 0 Å². The Morgan fingerprint density at radius 3 is 2.67 bits per heavy atom. The summed E-state index contributed by atoms with van der Waals surface area (Å²) in [6.45, 7) is 3.25. The summed E-state index contributed by atoms with van der Waals surface area (Å²) in [6, 6.07) is 11.3. The van der Waals surface area contributed by atoms with Gasteiger partial charge in [-0.2, -0.15) is 5.10 Å². The van der Waals surface area contributed by atoms with Gasteiger partial charge in [-0.05, 0) is 30.5 Å². The summed E-state index contributed by atoms with van der Waals surface area (Å²) in [4.78, 5) is 0. The van der Waals surface area contributed by atoms with Gasteiger partial charge in [0.1, 0.15) is 0 Å².